The predicted octanol–water partition coefficient (Wildman–Crippen LogP) is 1.77. The minimum absolute atomic E-state index is 0.0273. The highest BCUT2D eigenvalue weighted by Gasteiger charge is 2.27. The summed E-state index contributed by atoms with van der Waals surface area (Å²) >= 11 is 1.53. The lowest BCUT2D eigenvalue weighted by atomic mass is 10.2. The van der Waals surface area contributed by atoms with Crippen LogP contribution in [0, 0.1) is 0 Å². The molecule has 6 nitrogen and oxygen atoms in total. The van der Waals surface area contributed by atoms with Crippen LogP contribution in [0.2, 0.25) is 0 Å². The van der Waals surface area contributed by atoms with Gasteiger partial charge in [-0.05, 0) is 30.7 Å². The van der Waals surface area contributed by atoms with Gasteiger partial charge in [0, 0.05) is 36.5 Å². The van der Waals surface area contributed by atoms with Crippen LogP contribution in [-0.2, 0) is 14.3 Å². The molecule has 0 radical (unpaired) electrons. The van der Waals surface area contributed by atoms with Gasteiger partial charge >= 0.3 is 5.97 Å². The third-order valence-electron chi connectivity index (χ3n) is 3.55. The monoisotopic (exact) mass is 336 g/mol. The topological polar surface area (TPSA) is 75.7 Å². The Labute approximate surface area is 139 Å². The Bertz CT molecular complexity index is 588. The fourth-order valence-electron chi connectivity index (χ4n) is 2.38. The lowest BCUT2D eigenvalue weighted by Crippen LogP contribution is -2.29. The summed E-state index contributed by atoms with van der Waals surface area (Å²) in [6, 6.07) is 6.85. The summed E-state index contributed by atoms with van der Waals surface area (Å²) in [6.07, 6.45) is 0.872. The smallest absolute Gasteiger partial charge is 0.315 e. The van der Waals surface area contributed by atoms with Crippen LogP contribution in [0.1, 0.15) is 23.7 Å². The quantitative estimate of drug-likeness (QED) is 0.829. The van der Waals surface area contributed by atoms with Crippen molar-refractivity contribution in [1.82, 2.24) is 4.90 Å². The number of anilines is 1. The van der Waals surface area contributed by atoms with Gasteiger partial charge in [0.1, 0.15) is 0 Å². The molecule has 1 atom stereocenters. The number of thioether (sulfide) groups is 1. The Balaban J connectivity index is 1.88. The highest BCUT2D eigenvalue weighted by atomic mass is 32.2. The van der Waals surface area contributed by atoms with Crippen molar-refractivity contribution in [2.45, 2.75) is 18.6 Å². The number of rotatable bonds is 5. The molecule has 0 saturated carbocycles. The first-order valence-corrected chi connectivity index (χ1v) is 8.40. The zero-order valence-corrected chi connectivity index (χ0v) is 14.0. The molecule has 1 aromatic rings. The van der Waals surface area contributed by atoms with Gasteiger partial charge in [-0.3, -0.25) is 14.4 Å². The molecule has 1 heterocycles. The van der Waals surface area contributed by atoms with Crippen LogP contribution in [0.25, 0.3) is 0 Å². The molecule has 1 unspecified atom stereocenters. The number of methoxy groups -OCH3 is 1. The van der Waals surface area contributed by atoms with Crippen molar-refractivity contribution in [3.8, 4) is 0 Å². The second kappa shape index (κ2) is 8.01. The van der Waals surface area contributed by atoms with Crippen LogP contribution in [-0.4, -0.2) is 53.9 Å². The summed E-state index contributed by atoms with van der Waals surface area (Å²) in [7, 11) is 1.37. The van der Waals surface area contributed by atoms with Gasteiger partial charge in [-0.2, -0.15) is 0 Å². The van der Waals surface area contributed by atoms with E-state index in [-0.39, 0.29) is 23.0 Å². The molecule has 23 heavy (non-hydrogen) atoms. The molecule has 1 N–H and O–H groups in total. The van der Waals surface area contributed by atoms with E-state index in [9.17, 15) is 14.4 Å². The Kier molecular flexibility index (Phi) is 6.04. The molecule has 0 spiro atoms. The molecule has 2 amide bonds. The highest BCUT2D eigenvalue weighted by Crippen LogP contribution is 2.24. The number of carbonyl (C=O) groups is 3. The molecule has 0 aromatic heterocycles. The average molecular weight is 336 g/mol. The van der Waals surface area contributed by atoms with E-state index in [1.807, 2.05) is 0 Å². The molecule has 1 aliphatic heterocycles. The Morgan fingerprint density at radius 3 is 2.61 bits per heavy atom. The number of carbonyl (C=O) groups excluding carboxylic acids is 3. The van der Waals surface area contributed by atoms with Crippen molar-refractivity contribution in [2.75, 3.05) is 31.3 Å². The van der Waals surface area contributed by atoms with Crippen molar-refractivity contribution < 1.29 is 19.1 Å². The van der Waals surface area contributed by atoms with Crippen LogP contribution >= 0.6 is 11.8 Å². The molecule has 1 aromatic carbocycles. The van der Waals surface area contributed by atoms with E-state index in [0.717, 1.165) is 6.42 Å². The van der Waals surface area contributed by atoms with Gasteiger partial charge in [0.05, 0.1) is 12.9 Å². The number of hydrogen-bond acceptors (Lipinski definition) is 5. The molecular weight excluding hydrogens is 316 g/mol. The summed E-state index contributed by atoms with van der Waals surface area (Å²) in [5, 5.41) is 2.93. The summed E-state index contributed by atoms with van der Waals surface area (Å²) in [4.78, 5) is 36.4. The number of hydrogen-bond donors (Lipinski definition) is 1. The zero-order valence-electron chi connectivity index (χ0n) is 13.2. The first-order chi connectivity index (χ1) is 11.0. The van der Waals surface area contributed by atoms with Crippen LogP contribution in [0.4, 0.5) is 5.69 Å². The van der Waals surface area contributed by atoms with E-state index in [1.54, 1.807) is 29.2 Å². The van der Waals surface area contributed by atoms with E-state index in [4.69, 9.17) is 0 Å². The summed E-state index contributed by atoms with van der Waals surface area (Å²) < 4.78 is 4.62. The van der Waals surface area contributed by atoms with Crippen LogP contribution in [0.5, 0.6) is 0 Å². The largest absolute Gasteiger partial charge is 0.468 e. The third-order valence-corrected chi connectivity index (χ3v) is 4.81. The SMILES string of the molecule is COC(=O)CSC1CCN(C(=O)c2ccc(NC(C)=O)cc2)C1. The number of benzene rings is 1. The lowest BCUT2D eigenvalue weighted by Gasteiger charge is -2.16. The van der Waals surface area contributed by atoms with Gasteiger partial charge in [-0.15, -0.1) is 11.8 Å². The van der Waals surface area contributed by atoms with Crippen molar-refractivity contribution in [3.05, 3.63) is 29.8 Å². The first kappa shape index (κ1) is 17.3. The highest BCUT2D eigenvalue weighted by molar-refractivity contribution is 8.00. The third kappa shape index (κ3) is 4.99. The van der Waals surface area contributed by atoms with Gasteiger partial charge in [0.15, 0.2) is 0 Å². The minimum Gasteiger partial charge on any atom is -0.468 e. The predicted molar refractivity (Wildman–Crippen MR) is 89.5 cm³/mol. The second-order valence-electron chi connectivity index (χ2n) is 5.31. The standard InChI is InChI=1S/C16H20N2O4S/c1-11(19)17-13-5-3-12(4-6-13)16(21)18-8-7-14(9-18)23-10-15(20)22-2/h3-6,14H,7-10H2,1-2H3,(H,17,19). The number of amides is 2. The van der Waals surface area contributed by atoms with Crippen LogP contribution in [0.15, 0.2) is 24.3 Å². The van der Waals surface area contributed by atoms with E-state index in [0.29, 0.717) is 30.1 Å². The molecule has 0 bridgehead atoms. The maximum atomic E-state index is 12.5. The van der Waals surface area contributed by atoms with E-state index in [2.05, 4.69) is 10.1 Å². The number of nitrogens with zero attached hydrogens (tertiary/aromatic N) is 1. The molecule has 1 saturated heterocycles. The number of likely N-dealkylation sites (tertiary alicyclic amines) is 1. The maximum Gasteiger partial charge on any atom is 0.315 e. The Hall–Kier alpha value is -2.02. The average Bonchev–Trinajstić information content (AvgIpc) is 3.01. The number of nitrogens with one attached hydrogen (secondary N) is 1. The molecule has 0 aliphatic carbocycles. The summed E-state index contributed by atoms with van der Waals surface area (Å²) in [5.74, 6) is -0.0998. The lowest BCUT2D eigenvalue weighted by molar-refractivity contribution is -0.137. The Morgan fingerprint density at radius 1 is 1.30 bits per heavy atom. The second-order valence-corrected chi connectivity index (χ2v) is 6.60. The molecule has 1 aliphatic rings. The van der Waals surface area contributed by atoms with Crippen molar-refractivity contribution >= 4 is 35.2 Å². The van der Waals surface area contributed by atoms with Gasteiger partial charge in [0.25, 0.3) is 5.91 Å². The maximum absolute atomic E-state index is 12.5. The van der Waals surface area contributed by atoms with Crippen molar-refractivity contribution in [2.24, 2.45) is 0 Å². The number of esters is 1. The fraction of sp³-hybridized carbons (Fsp3) is 0.438. The number of ether oxygens (including phenoxy) is 1. The van der Waals surface area contributed by atoms with Gasteiger partial charge in [-0.25, -0.2) is 0 Å². The molecule has 1 fully saturated rings. The molecular formula is C16H20N2O4S. The van der Waals surface area contributed by atoms with Crippen LogP contribution in [0.3, 0.4) is 0 Å². The summed E-state index contributed by atoms with van der Waals surface area (Å²) in [6.45, 7) is 2.76. The van der Waals surface area contributed by atoms with Crippen LogP contribution < -0.4 is 5.32 Å². The van der Waals surface area contributed by atoms with E-state index in [1.165, 1.54) is 25.8 Å². The van der Waals surface area contributed by atoms with Gasteiger partial charge in [0.2, 0.25) is 5.91 Å². The molecule has 2 rings (SSSR count). The van der Waals surface area contributed by atoms with Crippen molar-refractivity contribution in [1.29, 1.82) is 0 Å². The van der Waals surface area contributed by atoms with E-state index < -0.39 is 0 Å². The normalized spacial score (nSPS) is 17.0. The molecule has 7 heteroatoms. The first-order valence-electron chi connectivity index (χ1n) is 7.35. The van der Waals surface area contributed by atoms with E-state index >= 15 is 0 Å². The van der Waals surface area contributed by atoms with Gasteiger partial charge in [-0.1, -0.05) is 0 Å². The molecule has 124 valence electrons. The zero-order chi connectivity index (χ0) is 16.8. The van der Waals surface area contributed by atoms with Gasteiger partial charge < -0.3 is 15.0 Å². The van der Waals surface area contributed by atoms with Crippen molar-refractivity contribution in [3.63, 3.8) is 0 Å². The summed E-state index contributed by atoms with van der Waals surface area (Å²) in [5.41, 5.74) is 1.26. The Morgan fingerprint density at radius 2 is 2.00 bits per heavy atom. The minimum atomic E-state index is -0.242. The fourth-order valence-corrected chi connectivity index (χ4v) is 3.42.